The predicted octanol–water partition coefficient (Wildman–Crippen LogP) is 0.0681. The third-order valence-electron chi connectivity index (χ3n) is 3.40. The summed E-state index contributed by atoms with van der Waals surface area (Å²) >= 11 is 0. The van der Waals surface area contributed by atoms with E-state index in [2.05, 4.69) is 4.72 Å². The Balaban J connectivity index is 2.51. The number of nitrogens with two attached hydrogens (primary N) is 1. The molecule has 5 nitrogen and oxygen atoms in total. The number of ether oxygens (including phenoxy) is 1. The van der Waals surface area contributed by atoms with Gasteiger partial charge in [0, 0.05) is 18.6 Å². The van der Waals surface area contributed by atoms with Crippen molar-refractivity contribution in [2.45, 2.75) is 38.8 Å². The molecule has 2 atom stereocenters. The van der Waals surface area contributed by atoms with Crippen LogP contribution in [0.5, 0.6) is 0 Å². The SMILES string of the molecule is COC1CC(NS(=O)(=O)CCCN)C1(C)C. The lowest BCUT2D eigenvalue weighted by molar-refractivity contribution is -0.0908. The molecule has 1 saturated carbocycles. The van der Waals surface area contributed by atoms with Gasteiger partial charge in [-0.3, -0.25) is 0 Å². The minimum atomic E-state index is -3.19. The Bertz CT molecular complexity index is 327. The topological polar surface area (TPSA) is 81.4 Å². The molecule has 6 heteroatoms. The van der Waals surface area contributed by atoms with Crippen LogP contribution in [-0.4, -0.2) is 40.0 Å². The fourth-order valence-corrected chi connectivity index (χ4v) is 3.53. The molecular weight excluding hydrogens is 228 g/mol. The summed E-state index contributed by atoms with van der Waals surface area (Å²) < 4.78 is 31.3. The first-order valence-electron chi connectivity index (χ1n) is 5.56. The van der Waals surface area contributed by atoms with Gasteiger partial charge in [0.1, 0.15) is 0 Å². The van der Waals surface area contributed by atoms with E-state index >= 15 is 0 Å². The molecule has 1 aliphatic rings. The van der Waals surface area contributed by atoms with Crippen molar-refractivity contribution in [2.75, 3.05) is 19.4 Å². The van der Waals surface area contributed by atoms with Crippen molar-refractivity contribution in [1.29, 1.82) is 0 Å². The summed E-state index contributed by atoms with van der Waals surface area (Å²) in [4.78, 5) is 0. The molecule has 96 valence electrons. The maximum absolute atomic E-state index is 11.7. The van der Waals surface area contributed by atoms with E-state index in [1.54, 1.807) is 7.11 Å². The van der Waals surface area contributed by atoms with E-state index in [0.29, 0.717) is 13.0 Å². The Labute approximate surface area is 97.8 Å². The van der Waals surface area contributed by atoms with Crippen LogP contribution >= 0.6 is 0 Å². The van der Waals surface area contributed by atoms with Gasteiger partial charge in [-0.25, -0.2) is 13.1 Å². The number of nitrogens with one attached hydrogen (secondary N) is 1. The van der Waals surface area contributed by atoms with Crippen LogP contribution in [-0.2, 0) is 14.8 Å². The number of rotatable bonds is 6. The van der Waals surface area contributed by atoms with Crippen molar-refractivity contribution < 1.29 is 13.2 Å². The third kappa shape index (κ3) is 2.94. The molecule has 0 amide bonds. The molecule has 16 heavy (non-hydrogen) atoms. The molecular formula is C10H22N2O3S. The molecule has 1 rings (SSSR count). The van der Waals surface area contributed by atoms with Crippen LogP contribution < -0.4 is 10.5 Å². The van der Waals surface area contributed by atoms with E-state index < -0.39 is 10.0 Å². The van der Waals surface area contributed by atoms with E-state index in [9.17, 15) is 8.42 Å². The maximum Gasteiger partial charge on any atom is 0.211 e. The number of sulfonamides is 1. The minimum Gasteiger partial charge on any atom is -0.381 e. The molecule has 1 aliphatic carbocycles. The molecule has 3 N–H and O–H groups in total. The highest BCUT2D eigenvalue weighted by Gasteiger charge is 2.49. The highest BCUT2D eigenvalue weighted by Crippen LogP contribution is 2.42. The van der Waals surface area contributed by atoms with E-state index in [4.69, 9.17) is 10.5 Å². The Morgan fingerprint density at radius 3 is 2.56 bits per heavy atom. The van der Waals surface area contributed by atoms with Gasteiger partial charge in [-0.05, 0) is 19.4 Å². The molecule has 0 radical (unpaired) electrons. The lowest BCUT2D eigenvalue weighted by atomic mass is 9.65. The highest BCUT2D eigenvalue weighted by molar-refractivity contribution is 7.89. The standard InChI is InChI=1S/C10H22N2O3S/c1-10(2)8(7-9(10)15-3)12-16(13,14)6-4-5-11/h8-9,12H,4-7,11H2,1-3H3. The zero-order valence-corrected chi connectivity index (χ0v) is 11.0. The first-order valence-corrected chi connectivity index (χ1v) is 7.21. The summed E-state index contributed by atoms with van der Waals surface area (Å²) in [5.41, 5.74) is 5.16. The van der Waals surface area contributed by atoms with Gasteiger partial charge < -0.3 is 10.5 Å². The molecule has 0 aromatic heterocycles. The quantitative estimate of drug-likeness (QED) is 0.699. The summed E-state index contributed by atoms with van der Waals surface area (Å²) in [7, 11) is -1.53. The summed E-state index contributed by atoms with van der Waals surface area (Å²) in [5, 5.41) is 0. The molecule has 0 saturated heterocycles. The number of hydrogen-bond acceptors (Lipinski definition) is 4. The van der Waals surface area contributed by atoms with Gasteiger partial charge >= 0.3 is 0 Å². The van der Waals surface area contributed by atoms with Crippen LogP contribution in [0.25, 0.3) is 0 Å². The summed E-state index contributed by atoms with van der Waals surface area (Å²) in [6, 6.07) is -0.0276. The highest BCUT2D eigenvalue weighted by atomic mass is 32.2. The fraction of sp³-hybridized carbons (Fsp3) is 1.00. The molecule has 2 unspecified atom stereocenters. The van der Waals surface area contributed by atoms with E-state index in [-0.39, 0.29) is 23.3 Å². The third-order valence-corrected chi connectivity index (χ3v) is 4.87. The Morgan fingerprint density at radius 2 is 2.12 bits per heavy atom. The molecule has 0 heterocycles. The van der Waals surface area contributed by atoms with Gasteiger partial charge in [-0.1, -0.05) is 13.8 Å². The van der Waals surface area contributed by atoms with Crippen LogP contribution in [0.4, 0.5) is 0 Å². The first-order chi connectivity index (χ1) is 7.33. The van der Waals surface area contributed by atoms with Crippen LogP contribution in [0.2, 0.25) is 0 Å². The van der Waals surface area contributed by atoms with Gasteiger partial charge in [0.25, 0.3) is 0 Å². The van der Waals surface area contributed by atoms with Crippen LogP contribution in [0, 0.1) is 5.41 Å². The average molecular weight is 250 g/mol. The molecule has 0 aromatic carbocycles. The lowest BCUT2D eigenvalue weighted by Gasteiger charge is -2.51. The van der Waals surface area contributed by atoms with Gasteiger partial charge in [-0.15, -0.1) is 0 Å². The van der Waals surface area contributed by atoms with E-state index in [1.165, 1.54) is 0 Å². The largest absolute Gasteiger partial charge is 0.381 e. The van der Waals surface area contributed by atoms with Gasteiger partial charge in [-0.2, -0.15) is 0 Å². The van der Waals surface area contributed by atoms with Crippen molar-refractivity contribution >= 4 is 10.0 Å². The second kappa shape index (κ2) is 5.00. The zero-order valence-electron chi connectivity index (χ0n) is 10.2. The normalized spacial score (nSPS) is 28.8. The molecule has 0 aromatic rings. The smallest absolute Gasteiger partial charge is 0.211 e. The summed E-state index contributed by atoms with van der Waals surface area (Å²) in [6.07, 6.45) is 1.37. The molecule has 1 fully saturated rings. The van der Waals surface area contributed by atoms with Gasteiger partial charge in [0.05, 0.1) is 11.9 Å². The zero-order chi connectivity index (χ0) is 12.4. The monoisotopic (exact) mass is 250 g/mol. The second-order valence-electron chi connectivity index (χ2n) is 4.91. The predicted molar refractivity (Wildman–Crippen MR) is 63.6 cm³/mol. The maximum atomic E-state index is 11.7. The summed E-state index contributed by atoms with van der Waals surface area (Å²) in [6.45, 7) is 4.43. The first kappa shape index (κ1) is 13.9. The molecule has 0 spiro atoms. The Hall–Kier alpha value is -0.170. The Morgan fingerprint density at radius 1 is 1.50 bits per heavy atom. The Kier molecular flexibility index (Phi) is 4.34. The second-order valence-corrected chi connectivity index (χ2v) is 6.79. The van der Waals surface area contributed by atoms with Crippen LogP contribution in [0.3, 0.4) is 0 Å². The lowest BCUT2D eigenvalue weighted by Crippen LogP contribution is -2.61. The molecule has 0 bridgehead atoms. The van der Waals surface area contributed by atoms with E-state index in [0.717, 1.165) is 6.42 Å². The fourth-order valence-electron chi connectivity index (χ4n) is 2.03. The van der Waals surface area contributed by atoms with Crippen LogP contribution in [0.15, 0.2) is 0 Å². The van der Waals surface area contributed by atoms with Crippen molar-refractivity contribution in [2.24, 2.45) is 11.1 Å². The number of hydrogen-bond donors (Lipinski definition) is 2. The van der Waals surface area contributed by atoms with Crippen molar-refractivity contribution in [3.63, 3.8) is 0 Å². The van der Waals surface area contributed by atoms with Crippen molar-refractivity contribution in [3.8, 4) is 0 Å². The van der Waals surface area contributed by atoms with Crippen molar-refractivity contribution in [3.05, 3.63) is 0 Å². The minimum absolute atomic E-state index is 0.0276. The molecule has 0 aliphatic heterocycles. The van der Waals surface area contributed by atoms with E-state index in [1.807, 2.05) is 13.8 Å². The van der Waals surface area contributed by atoms with Crippen molar-refractivity contribution in [1.82, 2.24) is 4.72 Å². The van der Waals surface area contributed by atoms with Gasteiger partial charge in [0.15, 0.2) is 0 Å². The average Bonchev–Trinajstić information content (AvgIpc) is 2.21. The van der Waals surface area contributed by atoms with Gasteiger partial charge in [0.2, 0.25) is 10.0 Å². The summed E-state index contributed by atoms with van der Waals surface area (Å²) in [5.74, 6) is 0.105. The number of methoxy groups -OCH3 is 1. The van der Waals surface area contributed by atoms with Crippen LogP contribution in [0.1, 0.15) is 26.7 Å².